The van der Waals surface area contributed by atoms with Gasteiger partial charge in [-0.25, -0.2) is 0 Å². The zero-order valence-corrected chi connectivity index (χ0v) is 12.9. The van der Waals surface area contributed by atoms with E-state index in [4.69, 9.17) is 5.73 Å². The van der Waals surface area contributed by atoms with Crippen molar-refractivity contribution in [2.45, 2.75) is 63.3 Å². The van der Waals surface area contributed by atoms with E-state index in [0.717, 1.165) is 30.5 Å². The van der Waals surface area contributed by atoms with Gasteiger partial charge in [0.05, 0.1) is 5.41 Å². The van der Waals surface area contributed by atoms with Crippen LogP contribution in [0.5, 0.6) is 0 Å². The van der Waals surface area contributed by atoms with Crippen LogP contribution in [0.2, 0.25) is 0 Å². The minimum absolute atomic E-state index is 0.228. The topological polar surface area (TPSA) is 55.1 Å². The number of hydrogen-bond acceptors (Lipinski definition) is 2. The molecule has 0 spiro atoms. The Hall–Kier alpha value is -1.51. The number of benzene rings is 1. The zero-order chi connectivity index (χ0) is 14.9. The van der Waals surface area contributed by atoms with E-state index in [2.05, 4.69) is 12.2 Å². The molecule has 21 heavy (non-hydrogen) atoms. The summed E-state index contributed by atoms with van der Waals surface area (Å²) in [6.07, 6.45) is 8.14. The van der Waals surface area contributed by atoms with Crippen molar-refractivity contribution in [1.29, 1.82) is 0 Å². The van der Waals surface area contributed by atoms with Crippen molar-refractivity contribution in [2.75, 3.05) is 5.73 Å². The molecule has 0 radical (unpaired) electrons. The zero-order valence-electron chi connectivity index (χ0n) is 12.9. The molecule has 3 nitrogen and oxygen atoms in total. The maximum Gasteiger partial charge on any atom is 0.230 e. The smallest absolute Gasteiger partial charge is 0.230 e. The van der Waals surface area contributed by atoms with Gasteiger partial charge in [-0.1, -0.05) is 38.3 Å². The lowest BCUT2D eigenvalue weighted by atomic mass is 9.92. The van der Waals surface area contributed by atoms with Crippen molar-refractivity contribution in [3.8, 4) is 0 Å². The third-order valence-electron chi connectivity index (χ3n) is 5.33. The normalized spacial score (nSPS) is 27.7. The molecule has 0 bridgehead atoms. The van der Waals surface area contributed by atoms with Gasteiger partial charge < -0.3 is 11.1 Å². The highest BCUT2D eigenvalue weighted by molar-refractivity contribution is 5.91. The van der Waals surface area contributed by atoms with Crippen molar-refractivity contribution < 1.29 is 4.79 Å². The van der Waals surface area contributed by atoms with Crippen LogP contribution in [0.25, 0.3) is 0 Å². The van der Waals surface area contributed by atoms with Crippen LogP contribution in [0.15, 0.2) is 24.3 Å². The monoisotopic (exact) mass is 286 g/mol. The fourth-order valence-corrected chi connectivity index (χ4v) is 3.59. The number of hydrogen-bond donors (Lipinski definition) is 2. The van der Waals surface area contributed by atoms with Gasteiger partial charge in [-0.15, -0.1) is 0 Å². The summed E-state index contributed by atoms with van der Waals surface area (Å²) in [4.78, 5) is 12.8. The number of rotatable bonds is 3. The van der Waals surface area contributed by atoms with E-state index >= 15 is 0 Å². The number of nitrogens with one attached hydrogen (secondary N) is 1. The third-order valence-corrected chi connectivity index (χ3v) is 5.33. The van der Waals surface area contributed by atoms with Crippen LogP contribution in [0, 0.1) is 5.92 Å². The molecule has 2 aliphatic carbocycles. The van der Waals surface area contributed by atoms with E-state index in [1.807, 2.05) is 24.3 Å². The largest absolute Gasteiger partial charge is 0.399 e. The molecule has 3 heteroatoms. The molecule has 1 aromatic carbocycles. The summed E-state index contributed by atoms with van der Waals surface area (Å²) in [7, 11) is 0. The van der Waals surface area contributed by atoms with E-state index in [-0.39, 0.29) is 11.3 Å². The highest BCUT2D eigenvalue weighted by Crippen LogP contribution is 2.48. The maximum absolute atomic E-state index is 12.8. The van der Waals surface area contributed by atoms with Gasteiger partial charge in [0.25, 0.3) is 0 Å². The standard InChI is InChI=1S/C18H26N2O/c1-13-5-3-2-4-6-16(13)20-17(21)18(11-12-18)14-7-9-15(19)10-8-14/h7-10,13,16H,2-6,11-12,19H2,1H3,(H,20,21). The average Bonchev–Trinajstić information content (AvgIpc) is 3.28. The van der Waals surface area contributed by atoms with Crippen LogP contribution in [0.1, 0.15) is 57.4 Å². The van der Waals surface area contributed by atoms with Crippen molar-refractivity contribution in [3.05, 3.63) is 29.8 Å². The maximum atomic E-state index is 12.8. The molecule has 2 unspecified atom stereocenters. The summed E-state index contributed by atoms with van der Waals surface area (Å²) in [6, 6.07) is 8.18. The molecule has 0 saturated heterocycles. The lowest BCUT2D eigenvalue weighted by Crippen LogP contribution is -2.44. The number of nitrogen functional groups attached to an aromatic ring is 1. The highest BCUT2D eigenvalue weighted by Gasteiger charge is 2.51. The second-order valence-electron chi connectivity index (χ2n) is 6.90. The van der Waals surface area contributed by atoms with Crippen molar-refractivity contribution >= 4 is 11.6 Å². The average molecular weight is 286 g/mol. The SMILES string of the molecule is CC1CCCCCC1NC(=O)C1(c2ccc(N)cc2)CC1. The van der Waals surface area contributed by atoms with Crippen molar-refractivity contribution in [1.82, 2.24) is 5.32 Å². The summed E-state index contributed by atoms with van der Waals surface area (Å²) in [5, 5.41) is 3.35. The fourth-order valence-electron chi connectivity index (χ4n) is 3.59. The molecule has 2 saturated carbocycles. The number of nitrogens with two attached hydrogens (primary N) is 1. The Kier molecular flexibility index (Phi) is 3.92. The van der Waals surface area contributed by atoms with Gasteiger partial charge in [-0.3, -0.25) is 4.79 Å². The van der Waals surface area contributed by atoms with E-state index in [1.165, 1.54) is 25.7 Å². The van der Waals surface area contributed by atoms with Gasteiger partial charge in [-0.05, 0) is 49.3 Å². The van der Waals surface area contributed by atoms with Crippen LogP contribution in [-0.4, -0.2) is 11.9 Å². The first-order chi connectivity index (χ1) is 10.1. The van der Waals surface area contributed by atoms with Crippen LogP contribution < -0.4 is 11.1 Å². The molecule has 2 atom stereocenters. The molecule has 1 amide bonds. The minimum atomic E-state index is -0.278. The first kappa shape index (κ1) is 14.4. The molecule has 0 aliphatic heterocycles. The van der Waals surface area contributed by atoms with Crippen LogP contribution >= 0.6 is 0 Å². The second kappa shape index (κ2) is 5.70. The summed E-state index contributed by atoms with van der Waals surface area (Å²) in [6.45, 7) is 2.28. The van der Waals surface area contributed by atoms with Gasteiger partial charge in [0, 0.05) is 11.7 Å². The lowest BCUT2D eigenvalue weighted by Gasteiger charge is -2.26. The van der Waals surface area contributed by atoms with E-state index < -0.39 is 0 Å². The highest BCUT2D eigenvalue weighted by atomic mass is 16.2. The Morgan fingerprint density at radius 3 is 2.48 bits per heavy atom. The molecule has 0 aromatic heterocycles. The Balaban J connectivity index is 1.71. The number of carbonyl (C=O) groups is 1. The first-order valence-electron chi connectivity index (χ1n) is 8.29. The Morgan fingerprint density at radius 2 is 1.81 bits per heavy atom. The molecular weight excluding hydrogens is 260 g/mol. The second-order valence-corrected chi connectivity index (χ2v) is 6.90. The van der Waals surface area contributed by atoms with Gasteiger partial charge in [0.2, 0.25) is 5.91 Å². The Labute approximate surface area is 127 Å². The van der Waals surface area contributed by atoms with Crippen LogP contribution in [-0.2, 0) is 10.2 Å². The van der Waals surface area contributed by atoms with E-state index in [0.29, 0.717) is 12.0 Å². The third kappa shape index (κ3) is 2.92. The van der Waals surface area contributed by atoms with Gasteiger partial charge in [-0.2, -0.15) is 0 Å². The molecule has 114 valence electrons. The minimum Gasteiger partial charge on any atom is -0.399 e. The Bertz CT molecular complexity index is 504. The summed E-state index contributed by atoms with van der Waals surface area (Å²) in [5.41, 5.74) is 7.35. The molecule has 3 N–H and O–H groups in total. The lowest BCUT2D eigenvalue weighted by molar-refractivity contribution is -0.124. The van der Waals surface area contributed by atoms with Crippen LogP contribution in [0.3, 0.4) is 0 Å². The molecule has 2 fully saturated rings. The molecule has 2 aliphatic rings. The van der Waals surface area contributed by atoms with Crippen molar-refractivity contribution in [2.24, 2.45) is 5.92 Å². The number of anilines is 1. The number of amides is 1. The Morgan fingerprint density at radius 1 is 1.14 bits per heavy atom. The van der Waals surface area contributed by atoms with Gasteiger partial charge in [0.15, 0.2) is 0 Å². The fraction of sp³-hybridized carbons (Fsp3) is 0.611. The molecular formula is C18H26N2O. The predicted octanol–water partition coefficient (Wildman–Crippen LogP) is 3.39. The van der Waals surface area contributed by atoms with Crippen molar-refractivity contribution in [3.63, 3.8) is 0 Å². The van der Waals surface area contributed by atoms with E-state index in [9.17, 15) is 4.79 Å². The summed E-state index contributed by atoms with van der Waals surface area (Å²) in [5.74, 6) is 0.824. The first-order valence-corrected chi connectivity index (χ1v) is 8.29. The molecule has 0 heterocycles. The van der Waals surface area contributed by atoms with Crippen LogP contribution in [0.4, 0.5) is 5.69 Å². The molecule has 1 aromatic rings. The predicted molar refractivity (Wildman–Crippen MR) is 85.9 cm³/mol. The number of carbonyl (C=O) groups excluding carboxylic acids is 1. The van der Waals surface area contributed by atoms with Gasteiger partial charge >= 0.3 is 0 Å². The van der Waals surface area contributed by atoms with Gasteiger partial charge in [0.1, 0.15) is 0 Å². The summed E-state index contributed by atoms with van der Waals surface area (Å²) < 4.78 is 0. The summed E-state index contributed by atoms with van der Waals surface area (Å²) >= 11 is 0. The quantitative estimate of drug-likeness (QED) is 0.661. The van der Waals surface area contributed by atoms with E-state index in [1.54, 1.807) is 0 Å². The molecule has 3 rings (SSSR count).